The van der Waals surface area contributed by atoms with Crippen LogP contribution >= 0.6 is 0 Å². The minimum absolute atomic E-state index is 0.0116. The first kappa shape index (κ1) is 12.0. The number of aromatic hydroxyl groups is 1. The number of amides is 1. The Labute approximate surface area is 92.9 Å². The number of hydrogen-bond acceptors (Lipinski definition) is 3. The highest BCUT2D eigenvalue weighted by atomic mass is 16.4. The van der Waals surface area contributed by atoms with Gasteiger partial charge in [0.2, 0.25) is 0 Å². The highest BCUT2D eigenvalue weighted by Crippen LogP contribution is 2.12. The number of phenols is 1. The molecule has 0 fully saturated rings. The topological polar surface area (TPSA) is 77.8 Å². The smallest absolute Gasteiger partial charge is 0.305 e. The first-order valence-corrected chi connectivity index (χ1v) is 4.77. The highest BCUT2D eigenvalue weighted by Gasteiger charge is 2.12. The monoisotopic (exact) mass is 223 g/mol. The van der Waals surface area contributed by atoms with E-state index in [1.807, 2.05) is 0 Å². The third-order valence-corrected chi connectivity index (χ3v) is 2.10. The van der Waals surface area contributed by atoms with Gasteiger partial charge in [0.25, 0.3) is 5.91 Å². The number of aliphatic carboxylic acids is 1. The van der Waals surface area contributed by atoms with Gasteiger partial charge in [-0.05, 0) is 18.2 Å². The summed E-state index contributed by atoms with van der Waals surface area (Å²) in [6, 6.07) is 5.94. The number of benzene rings is 1. The third kappa shape index (κ3) is 3.27. The minimum Gasteiger partial charge on any atom is -0.508 e. The van der Waals surface area contributed by atoms with Crippen LogP contribution in [0, 0.1) is 0 Å². The SMILES string of the molecule is CN(CCC(=O)O)C(=O)c1cccc(O)c1. The molecule has 0 heterocycles. The van der Waals surface area contributed by atoms with E-state index in [1.54, 1.807) is 12.1 Å². The molecular weight excluding hydrogens is 210 g/mol. The summed E-state index contributed by atoms with van der Waals surface area (Å²) >= 11 is 0. The molecule has 0 saturated carbocycles. The Morgan fingerprint density at radius 2 is 2.06 bits per heavy atom. The fraction of sp³-hybridized carbons (Fsp3) is 0.273. The van der Waals surface area contributed by atoms with Crippen molar-refractivity contribution in [2.45, 2.75) is 6.42 Å². The normalized spacial score (nSPS) is 9.81. The molecule has 1 rings (SSSR count). The Balaban J connectivity index is 2.67. The van der Waals surface area contributed by atoms with Gasteiger partial charge in [-0.2, -0.15) is 0 Å². The number of nitrogens with zero attached hydrogens (tertiary/aromatic N) is 1. The van der Waals surface area contributed by atoms with Gasteiger partial charge in [-0.1, -0.05) is 6.07 Å². The van der Waals surface area contributed by atoms with Gasteiger partial charge >= 0.3 is 5.97 Å². The second kappa shape index (κ2) is 5.16. The van der Waals surface area contributed by atoms with Crippen LogP contribution in [-0.2, 0) is 4.79 Å². The maximum absolute atomic E-state index is 11.7. The molecule has 0 aliphatic carbocycles. The van der Waals surface area contributed by atoms with E-state index in [1.165, 1.54) is 24.1 Å². The van der Waals surface area contributed by atoms with Gasteiger partial charge in [-0.25, -0.2) is 0 Å². The van der Waals surface area contributed by atoms with Crippen molar-refractivity contribution in [1.82, 2.24) is 4.90 Å². The van der Waals surface area contributed by atoms with Gasteiger partial charge < -0.3 is 15.1 Å². The van der Waals surface area contributed by atoms with E-state index < -0.39 is 5.97 Å². The molecule has 0 atom stereocenters. The zero-order valence-electron chi connectivity index (χ0n) is 8.88. The first-order valence-electron chi connectivity index (χ1n) is 4.77. The van der Waals surface area contributed by atoms with Crippen LogP contribution < -0.4 is 0 Å². The lowest BCUT2D eigenvalue weighted by Gasteiger charge is -2.15. The Morgan fingerprint density at radius 3 is 2.62 bits per heavy atom. The molecule has 5 heteroatoms. The van der Waals surface area contributed by atoms with Crippen LogP contribution in [0.1, 0.15) is 16.8 Å². The fourth-order valence-electron chi connectivity index (χ4n) is 1.22. The highest BCUT2D eigenvalue weighted by molar-refractivity contribution is 5.94. The van der Waals surface area contributed by atoms with Crippen molar-refractivity contribution in [1.29, 1.82) is 0 Å². The Morgan fingerprint density at radius 1 is 1.38 bits per heavy atom. The van der Waals surface area contributed by atoms with E-state index in [4.69, 9.17) is 5.11 Å². The fourth-order valence-corrected chi connectivity index (χ4v) is 1.22. The number of carboxylic acid groups (broad SMARTS) is 1. The second-order valence-corrected chi connectivity index (χ2v) is 3.42. The van der Waals surface area contributed by atoms with E-state index in [2.05, 4.69) is 0 Å². The molecule has 0 aromatic heterocycles. The van der Waals surface area contributed by atoms with Gasteiger partial charge in [0.1, 0.15) is 5.75 Å². The van der Waals surface area contributed by atoms with Gasteiger partial charge in [-0.3, -0.25) is 9.59 Å². The molecule has 1 aromatic rings. The van der Waals surface area contributed by atoms with Crippen LogP contribution in [-0.4, -0.2) is 40.6 Å². The lowest BCUT2D eigenvalue weighted by Crippen LogP contribution is -2.28. The summed E-state index contributed by atoms with van der Waals surface area (Å²) in [5, 5.41) is 17.7. The number of carboxylic acids is 1. The molecule has 0 spiro atoms. The maximum atomic E-state index is 11.7. The summed E-state index contributed by atoms with van der Waals surface area (Å²) in [5.74, 6) is -1.25. The molecule has 1 amide bonds. The first-order chi connectivity index (χ1) is 7.50. The standard InChI is InChI=1S/C11H13NO4/c1-12(6-5-10(14)15)11(16)8-3-2-4-9(13)7-8/h2-4,7,13H,5-6H2,1H3,(H,14,15). The molecule has 5 nitrogen and oxygen atoms in total. The molecule has 0 saturated heterocycles. The van der Waals surface area contributed by atoms with Crippen LogP contribution in [0.5, 0.6) is 5.75 Å². The summed E-state index contributed by atoms with van der Waals surface area (Å²) in [6.07, 6.45) is -0.0962. The third-order valence-electron chi connectivity index (χ3n) is 2.10. The Bertz CT molecular complexity index is 403. The lowest BCUT2D eigenvalue weighted by molar-refractivity contribution is -0.137. The van der Waals surface area contributed by atoms with E-state index in [-0.39, 0.29) is 24.6 Å². The quantitative estimate of drug-likeness (QED) is 0.796. The van der Waals surface area contributed by atoms with E-state index in [0.29, 0.717) is 5.56 Å². The molecule has 0 bridgehead atoms. The van der Waals surface area contributed by atoms with Crippen molar-refractivity contribution in [2.24, 2.45) is 0 Å². The van der Waals surface area contributed by atoms with Crippen molar-refractivity contribution in [3.05, 3.63) is 29.8 Å². The molecular formula is C11H13NO4. The van der Waals surface area contributed by atoms with Gasteiger partial charge in [0.05, 0.1) is 6.42 Å². The predicted octanol–water partition coefficient (Wildman–Crippen LogP) is 0.939. The molecule has 86 valence electrons. The number of phenolic OH excluding ortho intramolecular Hbond substituents is 1. The second-order valence-electron chi connectivity index (χ2n) is 3.42. The van der Waals surface area contributed by atoms with E-state index >= 15 is 0 Å². The van der Waals surface area contributed by atoms with Gasteiger partial charge in [0, 0.05) is 19.2 Å². The Kier molecular flexibility index (Phi) is 3.88. The number of carbonyl (C=O) groups is 2. The van der Waals surface area contributed by atoms with Crippen molar-refractivity contribution >= 4 is 11.9 Å². The summed E-state index contributed by atoms with van der Waals surface area (Å²) in [6.45, 7) is 0.143. The maximum Gasteiger partial charge on any atom is 0.305 e. The molecule has 0 unspecified atom stereocenters. The van der Waals surface area contributed by atoms with Crippen LogP contribution in [0.15, 0.2) is 24.3 Å². The summed E-state index contributed by atoms with van der Waals surface area (Å²) in [7, 11) is 1.52. The van der Waals surface area contributed by atoms with Crippen molar-refractivity contribution in [3.63, 3.8) is 0 Å². The molecule has 0 aliphatic heterocycles. The summed E-state index contributed by atoms with van der Waals surface area (Å²) in [5.41, 5.74) is 0.341. The van der Waals surface area contributed by atoms with Crippen molar-refractivity contribution in [2.75, 3.05) is 13.6 Å². The molecule has 16 heavy (non-hydrogen) atoms. The zero-order valence-corrected chi connectivity index (χ0v) is 8.88. The zero-order chi connectivity index (χ0) is 12.1. The average molecular weight is 223 g/mol. The van der Waals surface area contributed by atoms with Crippen LogP contribution in [0.4, 0.5) is 0 Å². The van der Waals surface area contributed by atoms with Crippen LogP contribution in [0.3, 0.4) is 0 Å². The number of carbonyl (C=O) groups excluding carboxylic acids is 1. The van der Waals surface area contributed by atoms with Crippen molar-refractivity contribution < 1.29 is 19.8 Å². The van der Waals surface area contributed by atoms with Crippen LogP contribution in [0.2, 0.25) is 0 Å². The lowest BCUT2D eigenvalue weighted by atomic mass is 10.2. The molecule has 0 radical (unpaired) electrons. The number of hydrogen-bond donors (Lipinski definition) is 2. The van der Waals surface area contributed by atoms with Crippen LogP contribution in [0.25, 0.3) is 0 Å². The average Bonchev–Trinajstić information content (AvgIpc) is 2.24. The number of rotatable bonds is 4. The predicted molar refractivity (Wildman–Crippen MR) is 57.3 cm³/mol. The molecule has 2 N–H and O–H groups in total. The van der Waals surface area contributed by atoms with Gasteiger partial charge in [0.15, 0.2) is 0 Å². The molecule has 0 aliphatic rings. The summed E-state index contributed by atoms with van der Waals surface area (Å²) in [4.78, 5) is 23.4. The van der Waals surface area contributed by atoms with E-state index in [0.717, 1.165) is 0 Å². The Hall–Kier alpha value is -2.04. The van der Waals surface area contributed by atoms with Gasteiger partial charge in [-0.15, -0.1) is 0 Å². The van der Waals surface area contributed by atoms with Crippen molar-refractivity contribution in [3.8, 4) is 5.75 Å². The molecule has 1 aromatic carbocycles. The summed E-state index contributed by atoms with van der Waals surface area (Å²) < 4.78 is 0. The van der Waals surface area contributed by atoms with E-state index in [9.17, 15) is 14.7 Å². The minimum atomic E-state index is -0.949. The largest absolute Gasteiger partial charge is 0.508 e.